The first-order valence-electron chi connectivity index (χ1n) is 16.1. The number of aromatic nitrogens is 1. The van der Waals surface area contributed by atoms with Gasteiger partial charge >= 0.3 is 0 Å². The van der Waals surface area contributed by atoms with Crippen LogP contribution in [0.1, 0.15) is 33.4 Å². The highest BCUT2D eigenvalue weighted by atomic mass is 15.0. The van der Waals surface area contributed by atoms with Gasteiger partial charge in [0.1, 0.15) is 0 Å². The highest BCUT2D eigenvalue weighted by Gasteiger charge is 2.50. The Kier molecular flexibility index (Phi) is 5.34. The maximum absolute atomic E-state index is 9.42. The van der Waals surface area contributed by atoms with E-state index in [2.05, 4.69) is 120 Å². The summed E-state index contributed by atoms with van der Waals surface area (Å²) in [5, 5.41) is 21.3. The summed E-state index contributed by atoms with van der Waals surface area (Å²) < 4.78 is 2.47. The van der Waals surface area contributed by atoms with E-state index in [9.17, 15) is 10.5 Å². The molecule has 7 aromatic carbocycles. The minimum Gasteiger partial charge on any atom is -0.309 e. The normalized spacial score (nSPS) is 13.1. The van der Waals surface area contributed by atoms with Crippen molar-refractivity contribution in [3.05, 3.63) is 185 Å². The van der Waals surface area contributed by atoms with Crippen molar-refractivity contribution in [3.8, 4) is 51.2 Å². The minimum atomic E-state index is -0.530. The molecular weight excluding hydrogens is 583 g/mol. The quantitative estimate of drug-likeness (QED) is 0.196. The number of nitrogens with zero attached hydrogens (tertiary/aromatic N) is 3. The Labute approximate surface area is 277 Å². The van der Waals surface area contributed by atoms with E-state index in [0.717, 1.165) is 22.3 Å². The fraction of sp³-hybridized carbons (Fsp3) is 0.0222. The largest absolute Gasteiger partial charge is 0.309 e. The summed E-state index contributed by atoms with van der Waals surface area (Å²) in [6.07, 6.45) is 0. The van der Waals surface area contributed by atoms with Crippen molar-refractivity contribution in [2.45, 2.75) is 5.41 Å². The molecule has 3 nitrogen and oxygen atoms in total. The number of nitriles is 2. The summed E-state index contributed by atoms with van der Waals surface area (Å²) in [4.78, 5) is 0. The van der Waals surface area contributed by atoms with Crippen molar-refractivity contribution < 1.29 is 0 Å². The number of fused-ring (bicyclic) bond motifs is 12. The van der Waals surface area contributed by atoms with Gasteiger partial charge in [0.25, 0.3) is 0 Å². The van der Waals surface area contributed by atoms with Crippen molar-refractivity contribution in [2.75, 3.05) is 0 Å². The van der Waals surface area contributed by atoms with E-state index in [-0.39, 0.29) is 0 Å². The van der Waals surface area contributed by atoms with Crippen molar-refractivity contribution in [1.29, 1.82) is 10.5 Å². The van der Waals surface area contributed by atoms with Gasteiger partial charge in [-0.25, -0.2) is 0 Å². The Morgan fingerprint density at radius 3 is 1.58 bits per heavy atom. The molecule has 0 radical (unpaired) electrons. The third kappa shape index (κ3) is 3.35. The van der Waals surface area contributed by atoms with Gasteiger partial charge in [-0.2, -0.15) is 10.5 Å². The van der Waals surface area contributed by atoms with Gasteiger partial charge in [0, 0.05) is 10.8 Å². The van der Waals surface area contributed by atoms with Crippen molar-refractivity contribution in [3.63, 3.8) is 0 Å². The first kappa shape index (κ1) is 26.5. The minimum absolute atomic E-state index is 0.530. The standard InChI is InChI=1S/C45H25N3/c46-26-28-12-16-30(17-13-28)32-20-22-38-36(24-32)37-25-33(31-18-14-29(27-47)15-19-31)21-23-39(37)45(38)40-8-2-4-11-43(40)48-42-10-3-1-6-34(42)35-7-5-9-41(45)44(35)48/h1-25H. The molecule has 1 aliphatic carbocycles. The predicted molar refractivity (Wildman–Crippen MR) is 192 cm³/mol. The molecule has 1 aromatic heterocycles. The highest BCUT2D eigenvalue weighted by Crippen LogP contribution is 2.61. The highest BCUT2D eigenvalue weighted by molar-refractivity contribution is 6.13. The number of hydrogen-bond acceptors (Lipinski definition) is 2. The average molecular weight is 608 g/mol. The number of benzene rings is 7. The van der Waals surface area contributed by atoms with Gasteiger partial charge in [-0.1, -0.05) is 103 Å². The Morgan fingerprint density at radius 1 is 0.438 bits per heavy atom. The van der Waals surface area contributed by atoms with Gasteiger partial charge < -0.3 is 4.57 Å². The smallest absolute Gasteiger partial charge is 0.0991 e. The predicted octanol–water partition coefficient (Wildman–Crippen LogP) is 10.5. The molecule has 1 spiro atoms. The lowest BCUT2D eigenvalue weighted by atomic mass is 9.65. The van der Waals surface area contributed by atoms with E-state index in [4.69, 9.17) is 0 Å². The Bertz CT molecular complexity index is 2620. The zero-order valence-electron chi connectivity index (χ0n) is 25.8. The van der Waals surface area contributed by atoms with Crippen LogP contribution < -0.4 is 0 Å². The fourth-order valence-electron chi connectivity index (χ4n) is 8.45. The van der Waals surface area contributed by atoms with E-state index in [1.165, 1.54) is 60.9 Å². The summed E-state index contributed by atoms with van der Waals surface area (Å²) in [7, 11) is 0. The van der Waals surface area contributed by atoms with E-state index in [0.29, 0.717) is 11.1 Å². The Balaban J connectivity index is 1.33. The maximum atomic E-state index is 9.42. The van der Waals surface area contributed by atoms with Crippen LogP contribution in [0.2, 0.25) is 0 Å². The van der Waals surface area contributed by atoms with Crippen LogP contribution in [-0.4, -0.2) is 4.57 Å². The molecule has 0 atom stereocenters. The van der Waals surface area contributed by atoms with Crippen molar-refractivity contribution in [2.24, 2.45) is 0 Å². The third-order valence-electron chi connectivity index (χ3n) is 10.5. The molecule has 0 unspecified atom stereocenters. The van der Waals surface area contributed by atoms with Crippen LogP contribution in [0.3, 0.4) is 0 Å². The number of para-hydroxylation sites is 3. The number of hydrogen-bond donors (Lipinski definition) is 0. The molecule has 8 aromatic rings. The molecule has 3 heteroatoms. The third-order valence-corrected chi connectivity index (χ3v) is 10.5. The topological polar surface area (TPSA) is 52.5 Å². The van der Waals surface area contributed by atoms with Gasteiger partial charge in [0.05, 0.1) is 45.4 Å². The van der Waals surface area contributed by atoms with E-state index >= 15 is 0 Å². The van der Waals surface area contributed by atoms with Gasteiger partial charge in [-0.15, -0.1) is 0 Å². The molecule has 2 aliphatic rings. The molecule has 1 aliphatic heterocycles. The molecule has 0 N–H and O–H groups in total. The molecule has 48 heavy (non-hydrogen) atoms. The molecule has 0 amide bonds. The fourth-order valence-corrected chi connectivity index (χ4v) is 8.45. The van der Waals surface area contributed by atoms with E-state index < -0.39 is 5.41 Å². The lowest BCUT2D eigenvalue weighted by Gasteiger charge is -2.39. The van der Waals surface area contributed by atoms with Crippen LogP contribution in [0, 0.1) is 22.7 Å². The van der Waals surface area contributed by atoms with Crippen molar-refractivity contribution in [1.82, 2.24) is 4.57 Å². The summed E-state index contributed by atoms with van der Waals surface area (Å²) in [5.41, 5.74) is 16.3. The molecule has 0 saturated carbocycles. The van der Waals surface area contributed by atoms with Crippen LogP contribution in [0.5, 0.6) is 0 Å². The van der Waals surface area contributed by atoms with Crippen LogP contribution >= 0.6 is 0 Å². The lowest BCUT2D eigenvalue weighted by molar-refractivity contribution is 0.748. The van der Waals surface area contributed by atoms with Crippen LogP contribution in [0.25, 0.3) is 60.9 Å². The van der Waals surface area contributed by atoms with Gasteiger partial charge in [0.2, 0.25) is 0 Å². The van der Waals surface area contributed by atoms with E-state index in [1.54, 1.807) is 0 Å². The zero-order valence-corrected chi connectivity index (χ0v) is 25.8. The molecule has 0 saturated heterocycles. The average Bonchev–Trinajstić information content (AvgIpc) is 3.65. The van der Waals surface area contributed by atoms with Crippen molar-refractivity contribution >= 4 is 21.8 Å². The second kappa shape index (κ2) is 9.66. The summed E-state index contributed by atoms with van der Waals surface area (Å²) >= 11 is 0. The van der Waals surface area contributed by atoms with Gasteiger partial charge in [0.15, 0.2) is 0 Å². The van der Waals surface area contributed by atoms with Crippen LogP contribution in [-0.2, 0) is 5.41 Å². The maximum Gasteiger partial charge on any atom is 0.0991 e. The molecule has 2 heterocycles. The second-order valence-electron chi connectivity index (χ2n) is 12.7. The SMILES string of the molecule is N#Cc1ccc(-c2ccc3c(c2)-c2cc(-c4ccc(C#N)cc4)ccc2C32c3ccccc3-n3c4ccccc4c4cccc2c43)cc1. The first-order valence-corrected chi connectivity index (χ1v) is 16.1. The van der Waals surface area contributed by atoms with E-state index in [1.807, 2.05) is 48.5 Å². The molecule has 0 fully saturated rings. The number of rotatable bonds is 2. The summed E-state index contributed by atoms with van der Waals surface area (Å²) in [6, 6.07) is 58.4. The van der Waals surface area contributed by atoms with Crippen LogP contribution in [0.4, 0.5) is 0 Å². The Hall–Kier alpha value is -6.68. The van der Waals surface area contributed by atoms with Crippen LogP contribution in [0.15, 0.2) is 152 Å². The molecule has 0 bridgehead atoms. The first-order chi connectivity index (χ1) is 23.7. The molecule has 220 valence electrons. The summed E-state index contributed by atoms with van der Waals surface area (Å²) in [5.74, 6) is 0. The monoisotopic (exact) mass is 607 g/mol. The zero-order chi connectivity index (χ0) is 32.0. The van der Waals surface area contributed by atoms with Gasteiger partial charge in [-0.3, -0.25) is 0 Å². The second-order valence-corrected chi connectivity index (χ2v) is 12.7. The lowest BCUT2D eigenvalue weighted by Crippen LogP contribution is -2.33. The molecular formula is C45H25N3. The Morgan fingerprint density at radius 2 is 0.958 bits per heavy atom. The molecule has 10 rings (SSSR count). The summed E-state index contributed by atoms with van der Waals surface area (Å²) in [6.45, 7) is 0. The van der Waals surface area contributed by atoms with Gasteiger partial charge in [-0.05, 0) is 104 Å².